The van der Waals surface area contributed by atoms with Crippen LogP contribution in [0.3, 0.4) is 0 Å². The summed E-state index contributed by atoms with van der Waals surface area (Å²) in [4.78, 5) is 10.7. The molecule has 1 N–H and O–H groups in total. The lowest BCUT2D eigenvalue weighted by atomic mass is 10.3. The molecule has 0 radical (unpaired) electrons. The second-order valence-corrected chi connectivity index (χ2v) is 3.17. The average molecular weight is 243 g/mol. The van der Waals surface area contributed by atoms with E-state index < -0.39 is 23.8 Å². The number of nitrogens with zero attached hydrogens (tertiary/aromatic N) is 3. The van der Waals surface area contributed by atoms with E-state index in [-0.39, 0.29) is 6.54 Å². The number of aromatic nitrogens is 3. The first-order chi connectivity index (χ1) is 8.09. The first-order valence-corrected chi connectivity index (χ1v) is 4.57. The molecule has 2 heterocycles. The van der Waals surface area contributed by atoms with Gasteiger partial charge in [-0.2, -0.15) is 0 Å². The summed E-state index contributed by atoms with van der Waals surface area (Å²) in [7, 11) is 0. The van der Waals surface area contributed by atoms with Crippen LogP contribution in [-0.4, -0.2) is 26.1 Å². The number of alkyl halides is 2. The van der Waals surface area contributed by atoms with Crippen LogP contribution in [0, 0.1) is 0 Å². The van der Waals surface area contributed by atoms with Gasteiger partial charge in [0.05, 0.1) is 6.26 Å². The molecule has 17 heavy (non-hydrogen) atoms. The number of aromatic carboxylic acids is 1. The van der Waals surface area contributed by atoms with Crippen LogP contribution in [0.15, 0.2) is 22.8 Å². The van der Waals surface area contributed by atoms with Crippen LogP contribution in [0.4, 0.5) is 8.78 Å². The maximum absolute atomic E-state index is 12.7. The van der Waals surface area contributed by atoms with Gasteiger partial charge in [-0.25, -0.2) is 18.3 Å². The summed E-state index contributed by atoms with van der Waals surface area (Å²) < 4.78 is 31.2. The highest BCUT2D eigenvalue weighted by atomic mass is 19.3. The Hall–Kier alpha value is -2.25. The van der Waals surface area contributed by atoms with Gasteiger partial charge in [-0.05, 0) is 12.1 Å². The van der Waals surface area contributed by atoms with Gasteiger partial charge in [0.2, 0.25) is 0 Å². The molecular formula is C9H7F2N3O3. The Labute approximate surface area is 93.5 Å². The Morgan fingerprint density at radius 2 is 2.35 bits per heavy atom. The first-order valence-electron chi connectivity index (χ1n) is 4.57. The molecule has 0 aliphatic rings. The van der Waals surface area contributed by atoms with E-state index in [4.69, 9.17) is 9.52 Å². The monoisotopic (exact) mass is 243 g/mol. The number of hydrogen-bond donors (Lipinski definition) is 1. The van der Waals surface area contributed by atoms with Crippen molar-refractivity contribution in [2.75, 3.05) is 0 Å². The number of hydrogen-bond acceptors (Lipinski definition) is 4. The Kier molecular flexibility index (Phi) is 2.86. The second kappa shape index (κ2) is 4.32. The predicted octanol–water partition coefficient (Wildman–Crippen LogP) is 1.56. The molecule has 0 bridgehead atoms. The summed E-state index contributed by atoms with van der Waals surface area (Å²) in [6, 6.07) is 3.16. The van der Waals surface area contributed by atoms with Crippen LogP contribution >= 0.6 is 0 Å². The van der Waals surface area contributed by atoms with Crippen molar-refractivity contribution in [1.82, 2.24) is 15.0 Å². The second-order valence-electron chi connectivity index (χ2n) is 3.17. The molecule has 2 rings (SSSR count). The maximum atomic E-state index is 12.7. The lowest BCUT2D eigenvalue weighted by Gasteiger charge is -2.03. The van der Waals surface area contributed by atoms with Crippen LogP contribution < -0.4 is 0 Å². The summed E-state index contributed by atoms with van der Waals surface area (Å²) in [6.07, 6.45) is -1.59. The highest BCUT2D eigenvalue weighted by Crippen LogP contribution is 2.22. The van der Waals surface area contributed by atoms with E-state index in [1.807, 2.05) is 0 Å². The Bertz CT molecular complexity index is 522. The van der Waals surface area contributed by atoms with Gasteiger partial charge < -0.3 is 9.52 Å². The van der Waals surface area contributed by atoms with Crippen LogP contribution in [0.1, 0.15) is 28.4 Å². The van der Waals surface area contributed by atoms with E-state index in [0.29, 0.717) is 5.76 Å². The Morgan fingerprint density at radius 3 is 2.88 bits per heavy atom. The largest absolute Gasteiger partial charge is 0.476 e. The van der Waals surface area contributed by atoms with Crippen LogP contribution in [-0.2, 0) is 6.54 Å². The first kappa shape index (κ1) is 11.2. The maximum Gasteiger partial charge on any atom is 0.358 e. The van der Waals surface area contributed by atoms with Gasteiger partial charge in [0.1, 0.15) is 18.0 Å². The molecule has 0 amide bonds. The lowest BCUT2D eigenvalue weighted by Crippen LogP contribution is -2.09. The van der Waals surface area contributed by atoms with Gasteiger partial charge in [-0.3, -0.25) is 0 Å². The van der Waals surface area contributed by atoms with E-state index in [1.165, 1.54) is 6.26 Å². The zero-order valence-corrected chi connectivity index (χ0v) is 8.38. The smallest absolute Gasteiger partial charge is 0.358 e. The van der Waals surface area contributed by atoms with Crippen molar-refractivity contribution in [1.29, 1.82) is 0 Å². The quantitative estimate of drug-likeness (QED) is 0.881. The van der Waals surface area contributed by atoms with E-state index in [0.717, 1.165) is 4.68 Å². The van der Waals surface area contributed by atoms with Gasteiger partial charge in [0.15, 0.2) is 5.69 Å². The molecule has 0 aliphatic heterocycles. The average Bonchev–Trinajstić information content (AvgIpc) is 2.86. The number of carboxylic acid groups (broad SMARTS) is 1. The van der Waals surface area contributed by atoms with Crippen LogP contribution in [0.5, 0.6) is 0 Å². The van der Waals surface area contributed by atoms with E-state index in [1.54, 1.807) is 12.1 Å². The third-order valence-corrected chi connectivity index (χ3v) is 2.07. The minimum atomic E-state index is -2.97. The molecule has 0 saturated carbocycles. The van der Waals surface area contributed by atoms with Crippen molar-refractivity contribution < 1.29 is 23.1 Å². The molecule has 2 aromatic heterocycles. The third-order valence-electron chi connectivity index (χ3n) is 2.07. The van der Waals surface area contributed by atoms with Gasteiger partial charge in [-0.15, -0.1) is 5.10 Å². The van der Waals surface area contributed by atoms with E-state index in [9.17, 15) is 13.6 Å². The number of rotatable bonds is 4. The summed E-state index contributed by atoms with van der Waals surface area (Å²) in [6.45, 7) is -0.0903. The van der Waals surface area contributed by atoms with Gasteiger partial charge in [0.25, 0.3) is 6.43 Å². The summed E-state index contributed by atoms with van der Waals surface area (Å²) >= 11 is 0. The molecule has 0 aromatic carbocycles. The van der Waals surface area contributed by atoms with E-state index >= 15 is 0 Å². The zero-order valence-electron chi connectivity index (χ0n) is 8.38. The SMILES string of the molecule is O=C(O)c1nnn(Cc2ccco2)c1C(F)F. The summed E-state index contributed by atoms with van der Waals surface area (Å²) in [5.41, 5.74) is -1.47. The normalized spacial score (nSPS) is 11.0. The van der Waals surface area contributed by atoms with Crippen molar-refractivity contribution in [3.8, 4) is 0 Å². The molecule has 0 saturated heterocycles. The fourth-order valence-electron chi connectivity index (χ4n) is 1.36. The van der Waals surface area contributed by atoms with Gasteiger partial charge >= 0.3 is 5.97 Å². The molecule has 8 heteroatoms. The molecule has 0 unspecified atom stereocenters. The van der Waals surface area contributed by atoms with Crippen LogP contribution in [0.2, 0.25) is 0 Å². The fourth-order valence-corrected chi connectivity index (χ4v) is 1.36. The molecule has 0 atom stereocenters. The predicted molar refractivity (Wildman–Crippen MR) is 49.7 cm³/mol. The van der Waals surface area contributed by atoms with E-state index in [2.05, 4.69) is 10.3 Å². The molecular weight excluding hydrogens is 236 g/mol. The molecule has 0 aliphatic carbocycles. The lowest BCUT2D eigenvalue weighted by molar-refractivity contribution is 0.0675. The molecule has 0 spiro atoms. The third kappa shape index (κ3) is 2.14. The van der Waals surface area contributed by atoms with Gasteiger partial charge in [-0.1, -0.05) is 5.21 Å². The highest BCUT2D eigenvalue weighted by Gasteiger charge is 2.26. The van der Waals surface area contributed by atoms with Gasteiger partial charge in [0, 0.05) is 0 Å². The molecule has 0 fully saturated rings. The Balaban J connectivity index is 2.37. The highest BCUT2D eigenvalue weighted by molar-refractivity contribution is 5.86. The Morgan fingerprint density at radius 1 is 1.59 bits per heavy atom. The van der Waals surface area contributed by atoms with Crippen molar-refractivity contribution >= 4 is 5.97 Å². The summed E-state index contributed by atoms with van der Waals surface area (Å²) in [5.74, 6) is -1.15. The number of carbonyl (C=O) groups is 1. The molecule has 2 aromatic rings. The zero-order chi connectivity index (χ0) is 12.4. The van der Waals surface area contributed by atoms with Crippen LogP contribution in [0.25, 0.3) is 0 Å². The number of furan rings is 1. The van der Waals surface area contributed by atoms with Crippen molar-refractivity contribution in [3.05, 3.63) is 35.5 Å². The number of halogens is 2. The standard InChI is InChI=1S/C9H7F2N3O3/c10-8(11)7-6(9(15)16)12-13-14(7)4-5-2-1-3-17-5/h1-3,8H,4H2,(H,15,16). The minimum absolute atomic E-state index is 0.0903. The van der Waals surface area contributed by atoms with Crippen molar-refractivity contribution in [2.45, 2.75) is 13.0 Å². The molecule has 90 valence electrons. The minimum Gasteiger partial charge on any atom is -0.476 e. The summed E-state index contributed by atoms with van der Waals surface area (Å²) in [5, 5.41) is 15.3. The molecule has 6 nitrogen and oxygen atoms in total. The topological polar surface area (TPSA) is 81.1 Å². The van der Waals surface area contributed by atoms with Crippen molar-refractivity contribution in [2.24, 2.45) is 0 Å². The number of carboxylic acids is 1. The van der Waals surface area contributed by atoms with Crippen molar-refractivity contribution in [3.63, 3.8) is 0 Å². The fraction of sp³-hybridized carbons (Fsp3) is 0.222.